The van der Waals surface area contributed by atoms with Crippen molar-refractivity contribution in [1.82, 2.24) is 0 Å². The van der Waals surface area contributed by atoms with Gasteiger partial charge in [-0.1, -0.05) is 0 Å². The number of aliphatic hydroxyl groups excluding tert-OH is 1. The van der Waals surface area contributed by atoms with Gasteiger partial charge in [0, 0.05) is 6.61 Å². The summed E-state index contributed by atoms with van der Waals surface area (Å²) in [7, 11) is 0. The van der Waals surface area contributed by atoms with E-state index < -0.39 is 0 Å². The van der Waals surface area contributed by atoms with E-state index in [0.29, 0.717) is 0 Å². The van der Waals surface area contributed by atoms with Crippen molar-refractivity contribution in [2.45, 2.75) is 38.4 Å². The molecule has 1 heterocycles. The maximum absolute atomic E-state index is 9.31. The summed E-state index contributed by atoms with van der Waals surface area (Å²) < 4.78 is 5.33. The highest BCUT2D eigenvalue weighted by molar-refractivity contribution is 4.81. The Balaban J connectivity index is 2.49. The molecule has 54 valence electrons. The molecule has 1 aliphatic heterocycles. The molecule has 2 nitrogen and oxygen atoms in total. The highest BCUT2D eigenvalue weighted by atomic mass is 16.5. The second-order valence-electron chi connectivity index (χ2n) is 3.11. The van der Waals surface area contributed by atoms with Crippen molar-refractivity contribution in [2.24, 2.45) is 0 Å². The van der Waals surface area contributed by atoms with E-state index in [1.165, 1.54) is 0 Å². The lowest BCUT2D eigenvalue weighted by molar-refractivity contribution is -0.132. The van der Waals surface area contributed by atoms with E-state index in [-0.39, 0.29) is 11.7 Å². The van der Waals surface area contributed by atoms with Gasteiger partial charge in [0.15, 0.2) is 0 Å². The summed E-state index contributed by atoms with van der Waals surface area (Å²) in [6.07, 6.45) is 1.60. The number of hydrogen-bond donors (Lipinski definition) is 1. The lowest BCUT2D eigenvalue weighted by atomic mass is 9.95. The van der Waals surface area contributed by atoms with Gasteiger partial charge >= 0.3 is 0 Å². The van der Waals surface area contributed by atoms with Crippen molar-refractivity contribution in [3.8, 4) is 0 Å². The maximum Gasteiger partial charge on any atom is 0.0884 e. The Kier molecular flexibility index (Phi) is 1.78. The van der Waals surface area contributed by atoms with E-state index in [1.807, 2.05) is 13.8 Å². The van der Waals surface area contributed by atoms with Crippen LogP contribution in [0.1, 0.15) is 26.7 Å². The van der Waals surface area contributed by atoms with Gasteiger partial charge in [-0.25, -0.2) is 0 Å². The van der Waals surface area contributed by atoms with Gasteiger partial charge < -0.3 is 9.84 Å². The average molecular weight is 130 g/mol. The van der Waals surface area contributed by atoms with Gasteiger partial charge in [-0.2, -0.15) is 0 Å². The quantitative estimate of drug-likeness (QED) is 0.528. The highest BCUT2D eigenvalue weighted by Gasteiger charge is 2.31. The zero-order chi connectivity index (χ0) is 6.91. The Morgan fingerprint density at radius 1 is 1.56 bits per heavy atom. The zero-order valence-electron chi connectivity index (χ0n) is 6.05. The van der Waals surface area contributed by atoms with Gasteiger partial charge in [0.05, 0.1) is 11.7 Å². The van der Waals surface area contributed by atoms with Crippen LogP contribution in [-0.2, 0) is 4.74 Å². The topological polar surface area (TPSA) is 29.5 Å². The molecule has 0 spiro atoms. The average Bonchev–Trinajstić information content (AvgIpc) is 1.77. The number of hydrogen-bond acceptors (Lipinski definition) is 2. The van der Waals surface area contributed by atoms with Crippen molar-refractivity contribution in [1.29, 1.82) is 0 Å². The molecule has 0 aromatic heterocycles. The van der Waals surface area contributed by atoms with Crippen LogP contribution in [-0.4, -0.2) is 23.4 Å². The molecule has 0 radical (unpaired) electrons. The summed E-state index contributed by atoms with van der Waals surface area (Å²) in [5.41, 5.74) is -0.307. The van der Waals surface area contributed by atoms with Crippen LogP contribution < -0.4 is 0 Å². The first-order chi connectivity index (χ1) is 4.13. The monoisotopic (exact) mass is 130 g/mol. The van der Waals surface area contributed by atoms with Gasteiger partial charge in [0.2, 0.25) is 0 Å². The van der Waals surface area contributed by atoms with Crippen LogP contribution in [0.5, 0.6) is 0 Å². The summed E-state index contributed by atoms with van der Waals surface area (Å²) in [6, 6.07) is 0. The molecule has 0 bridgehead atoms. The van der Waals surface area contributed by atoms with Crippen molar-refractivity contribution in [3.05, 3.63) is 0 Å². The Hall–Kier alpha value is -0.0800. The van der Waals surface area contributed by atoms with E-state index in [1.54, 1.807) is 0 Å². The first-order valence-corrected chi connectivity index (χ1v) is 3.45. The van der Waals surface area contributed by atoms with Gasteiger partial charge in [0.25, 0.3) is 0 Å². The van der Waals surface area contributed by atoms with Gasteiger partial charge in [-0.15, -0.1) is 0 Å². The third kappa shape index (κ3) is 1.43. The van der Waals surface area contributed by atoms with Gasteiger partial charge in [-0.3, -0.25) is 0 Å². The molecule has 1 unspecified atom stereocenters. The summed E-state index contributed by atoms with van der Waals surface area (Å²) >= 11 is 0. The maximum atomic E-state index is 9.31. The van der Waals surface area contributed by atoms with E-state index in [0.717, 1.165) is 19.4 Å². The van der Waals surface area contributed by atoms with Crippen LogP contribution in [0.15, 0.2) is 0 Å². The molecule has 0 aromatic rings. The van der Waals surface area contributed by atoms with E-state index in [4.69, 9.17) is 4.74 Å². The molecule has 1 saturated heterocycles. The van der Waals surface area contributed by atoms with Crippen molar-refractivity contribution < 1.29 is 9.84 Å². The molecule has 0 aromatic carbocycles. The van der Waals surface area contributed by atoms with Gasteiger partial charge in [-0.05, 0) is 26.7 Å². The minimum Gasteiger partial charge on any atom is -0.390 e. The van der Waals surface area contributed by atoms with Crippen LogP contribution in [0.25, 0.3) is 0 Å². The third-order valence-electron chi connectivity index (χ3n) is 1.90. The molecule has 0 amide bonds. The van der Waals surface area contributed by atoms with Crippen molar-refractivity contribution >= 4 is 0 Å². The molecule has 2 heteroatoms. The Morgan fingerprint density at radius 2 is 2.22 bits per heavy atom. The number of ether oxygens (including phenoxy) is 1. The lowest BCUT2D eigenvalue weighted by Crippen LogP contribution is -2.42. The minimum atomic E-state index is -0.307. The summed E-state index contributed by atoms with van der Waals surface area (Å²) in [4.78, 5) is 0. The van der Waals surface area contributed by atoms with E-state index in [2.05, 4.69) is 0 Å². The Labute approximate surface area is 55.8 Å². The van der Waals surface area contributed by atoms with Gasteiger partial charge in [0.1, 0.15) is 0 Å². The van der Waals surface area contributed by atoms with Crippen LogP contribution >= 0.6 is 0 Å². The fraction of sp³-hybridized carbons (Fsp3) is 1.00. The number of rotatable bonds is 0. The second-order valence-corrected chi connectivity index (χ2v) is 3.11. The van der Waals surface area contributed by atoms with E-state index in [9.17, 15) is 5.11 Å². The third-order valence-corrected chi connectivity index (χ3v) is 1.90. The highest BCUT2D eigenvalue weighted by Crippen LogP contribution is 2.23. The molecule has 9 heavy (non-hydrogen) atoms. The number of aliphatic hydroxyl groups is 1. The van der Waals surface area contributed by atoms with Crippen LogP contribution in [0.4, 0.5) is 0 Å². The normalized spacial score (nSPS) is 34.3. The molecule has 1 aliphatic rings. The van der Waals surface area contributed by atoms with Crippen LogP contribution in [0.3, 0.4) is 0 Å². The van der Waals surface area contributed by atoms with E-state index >= 15 is 0 Å². The lowest BCUT2D eigenvalue weighted by Gasteiger charge is -2.34. The second kappa shape index (κ2) is 2.27. The molecule has 1 N–H and O–H groups in total. The predicted octanol–water partition coefficient (Wildman–Crippen LogP) is 0.936. The fourth-order valence-electron chi connectivity index (χ4n) is 1.06. The van der Waals surface area contributed by atoms with Crippen molar-refractivity contribution in [3.63, 3.8) is 0 Å². The molecule has 0 aliphatic carbocycles. The zero-order valence-corrected chi connectivity index (χ0v) is 6.05. The smallest absolute Gasteiger partial charge is 0.0884 e. The SMILES string of the molecule is CC1(C)OCCCC1O. The van der Waals surface area contributed by atoms with Crippen LogP contribution in [0, 0.1) is 0 Å². The summed E-state index contributed by atoms with van der Waals surface area (Å²) in [5, 5.41) is 9.31. The standard InChI is InChI=1S/C7H14O2/c1-7(2)6(8)4-3-5-9-7/h6,8H,3-5H2,1-2H3. The molecule has 1 atom stereocenters. The molecule has 1 rings (SSSR count). The van der Waals surface area contributed by atoms with Crippen LogP contribution in [0.2, 0.25) is 0 Å². The molecular formula is C7H14O2. The first-order valence-electron chi connectivity index (χ1n) is 3.45. The predicted molar refractivity (Wildman–Crippen MR) is 35.3 cm³/mol. The first kappa shape index (κ1) is 7.03. The Bertz CT molecular complexity index is 99.1. The molecule has 0 saturated carbocycles. The fourth-order valence-corrected chi connectivity index (χ4v) is 1.06. The molecule has 1 fully saturated rings. The minimum absolute atomic E-state index is 0.272. The summed E-state index contributed by atoms with van der Waals surface area (Å²) in [5.74, 6) is 0. The Morgan fingerprint density at radius 3 is 2.56 bits per heavy atom. The molecular weight excluding hydrogens is 116 g/mol. The van der Waals surface area contributed by atoms with Crippen molar-refractivity contribution in [2.75, 3.05) is 6.61 Å². The largest absolute Gasteiger partial charge is 0.390 e. The summed E-state index contributed by atoms with van der Waals surface area (Å²) in [6.45, 7) is 4.65.